The number of nitrogens with zero attached hydrogens (tertiary/aromatic N) is 1. The van der Waals surface area contributed by atoms with Crippen molar-refractivity contribution in [2.45, 2.75) is 49.4 Å². The zero-order chi connectivity index (χ0) is 29.1. The van der Waals surface area contributed by atoms with Crippen LogP contribution < -0.4 is 10.3 Å². The van der Waals surface area contributed by atoms with E-state index >= 15 is 0 Å². The van der Waals surface area contributed by atoms with Crippen LogP contribution in [0.2, 0.25) is 0 Å². The molecule has 2 aliphatic rings. The van der Waals surface area contributed by atoms with Crippen LogP contribution in [0.25, 0.3) is 11.1 Å². The maximum absolute atomic E-state index is 15.0. The maximum atomic E-state index is 15.0. The number of benzene rings is 2. The number of ether oxygens (including phenoxy) is 1. The van der Waals surface area contributed by atoms with Gasteiger partial charge in [0.15, 0.2) is 5.88 Å². The summed E-state index contributed by atoms with van der Waals surface area (Å²) in [5.41, 5.74) is -7.14. The summed E-state index contributed by atoms with van der Waals surface area (Å²) < 4.78 is 115. The molecule has 2 aliphatic heterocycles. The number of likely N-dealkylation sites (tertiary alicyclic amines) is 1. The van der Waals surface area contributed by atoms with Gasteiger partial charge in [-0.3, -0.25) is 14.7 Å². The van der Waals surface area contributed by atoms with Gasteiger partial charge in [-0.15, -0.1) is 0 Å². The summed E-state index contributed by atoms with van der Waals surface area (Å²) >= 11 is 0. The van der Waals surface area contributed by atoms with Crippen molar-refractivity contribution >= 4 is 0 Å². The standard InChI is InChI=1S/C27H22F8N2O3/c28-19-11-15(14-37-9-7-24(8-10-37)13-17-3-6-21(38)36-23(17)40-24)12-20(29)22(19)16-1-4-18(5-2-16)25(39,26(30,31)32)27(33,34)35/h1-6,11-12,39H,7-10,13-14H2,(H,36,38). The van der Waals surface area contributed by atoms with E-state index in [0.717, 1.165) is 17.7 Å². The summed E-state index contributed by atoms with van der Waals surface area (Å²) in [6.45, 7) is 1.29. The minimum atomic E-state index is -6.08. The molecule has 0 amide bonds. The highest BCUT2D eigenvalue weighted by molar-refractivity contribution is 5.66. The molecule has 2 aromatic carbocycles. The third-order valence-corrected chi connectivity index (χ3v) is 7.48. The predicted octanol–water partition coefficient (Wildman–Crippen LogP) is 5.60. The maximum Gasteiger partial charge on any atom is 0.430 e. The van der Waals surface area contributed by atoms with Crippen molar-refractivity contribution in [1.82, 2.24) is 9.88 Å². The lowest BCUT2D eigenvalue weighted by atomic mass is 9.87. The normalized spacial score (nSPS) is 17.6. The van der Waals surface area contributed by atoms with Crippen LogP contribution in [-0.2, 0) is 18.6 Å². The minimum Gasteiger partial charge on any atom is -0.472 e. The number of hydrogen-bond acceptors (Lipinski definition) is 4. The Balaban J connectivity index is 1.29. The smallest absolute Gasteiger partial charge is 0.430 e. The fourth-order valence-corrected chi connectivity index (χ4v) is 5.33. The Bertz CT molecular complexity index is 1440. The van der Waals surface area contributed by atoms with Crippen LogP contribution in [0.15, 0.2) is 53.3 Å². The van der Waals surface area contributed by atoms with Gasteiger partial charge in [-0.25, -0.2) is 8.78 Å². The number of hydrogen-bond donors (Lipinski definition) is 2. The Morgan fingerprint density at radius 2 is 1.48 bits per heavy atom. The summed E-state index contributed by atoms with van der Waals surface area (Å²) in [4.78, 5) is 16.2. The van der Waals surface area contributed by atoms with Gasteiger partial charge in [0.05, 0.1) is 5.56 Å². The lowest BCUT2D eigenvalue weighted by Gasteiger charge is -2.38. The number of piperidine rings is 1. The third-order valence-electron chi connectivity index (χ3n) is 7.48. The van der Waals surface area contributed by atoms with Crippen molar-refractivity contribution in [3.05, 3.63) is 87.2 Å². The first-order chi connectivity index (χ1) is 18.6. The molecule has 3 heterocycles. The van der Waals surface area contributed by atoms with Crippen molar-refractivity contribution in [3.8, 4) is 17.0 Å². The average molecular weight is 574 g/mol. The first kappa shape index (κ1) is 28.1. The molecule has 5 rings (SSSR count). The van der Waals surface area contributed by atoms with Gasteiger partial charge < -0.3 is 9.84 Å². The van der Waals surface area contributed by atoms with E-state index in [2.05, 4.69) is 4.98 Å². The molecule has 1 saturated heterocycles. The molecule has 0 bridgehead atoms. The molecule has 1 aromatic heterocycles. The number of rotatable bonds is 4. The van der Waals surface area contributed by atoms with Crippen LogP contribution in [0.1, 0.15) is 29.5 Å². The molecule has 0 unspecified atom stereocenters. The Morgan fingerprint density at radius 3 is 2.02 bits per heavy atom. The highest BCUT2D eigenvalue weighted by Gasteiger charge is 2.71. The number of aromatic nitrogens is 1. The highest BCUT2D eigenvalue weighted by atomic mass is 19.4. The first-order valence-electron chi connectivity index (χ1n) is 12.2. The molecule has 0 radical (unpaired) electrons. The van der Waals surface area contributed by atoms with Crippen LogP contribution in [-0.4, -0.2) is 46.0 Å². The molecule has 0 atom stereocenters. The van der Waals surface area contributed by atoms with E-state index in [0.29, 0.717) is 62.5 Å². The first-order valence-corrected chi connectivity index (χ1v) is 12.2. The Morgan fingerprint density at radius 1 is 0.900 bits per heavy atom. The zero-order valence-electron chi connectivity index (χ0n) is 20.6. The van der Waals surface area contributed by atoms with E-state index in [9.17, 15) is 45.0 Å². The van der Waals surface area contributed by atoms with Crippen LogP contribution in [0.3, 0.4) is 0 Å². The molecular weight excluding hydrogens is 552 g/mol. The summed E-state index contributed by atoms with van der Waals surface area (Å²) in [5.74, 6) is -1.64. The zero-order valence-corrected chi connectivity index (χ0v) is 20.6. The van der Waals surface area contributed by atoms with Gasteiger partial charge in [0.25, 0.3) is 11.2 Å². The van der Waals surface area contributed by atoms with Gasteiger partial charge in [0.2, 0.25) is 0 Å². The van der Waals surface area contributed by atoms with Gasteiger partial charge in [0.1, 0.15) is 17.2 Å². The van der Waals surface area contributed by atoms with Gasteiger partial charge in [-0.05, 0) is 29.3 Å². The number of halogens is 8. The fraction of sp³-hybridized carbons (Fsp3) is 0.370. The molecule has 0 aliphatic carbocycles. The van der Waals surface area contributed by atoms with Crippen molar-refractivity contribution in [3.63, 3.8) is 0 Å². The lowest BCUT2D eigenvalue weighted by Crippen LogP contribution is -2.53. The second-order valence-electron chi connectivity index (χ2n) is 10.1. The number of pyridine rings is 1. The van der Waals surface area contributed by atoms with Crippen molar-refractivity contribution in [2.75, 3.05) is 13.1 Å². The minimum absolute atomic E-state index is 0.192. The second kappa shape index (κ2) is 9.58. The Kier molecular flexibility index (Phi) is 6.73. The number of alkyl halides is 6. The Hall–Kier alpha value is -3.45. The monoisotopic (exact) mass is 574 g/mol. The largest absolute Gasteiger partial charge is 0.472 e. The van der Waals surface area contributed by atoms with Gasteiger partial charge in [-0.2, -0.15) is 26.3 Å². The Labute approximate surface area is 222 Å². The van der Waals surface area contributed by atoms with E-state index in [1.165, 1.54) is 6.07 Å². The summed E-state index contributed by atoms with van der Waals surface area (Å²) in [6.07, 6.45) is -10.3. The number of aromatic amines is 1. The van der Waals surface area contributed by atoms with E-state index in [1.54, 1.807) is 6.07 Å². The van der Waals surface area contributed by atoms with E-state index in [-0.39, 0.29) is 23.2 Å². The van der Waals surface area contributed by atoms with E-state index < -0.39 is 46.3 Å². The van der Waals surface area contributed by atoms with Crippen LogP contribution in [0.4, 0.5) is 35.1 Å². The van der Waals surface area contributed by atoms with Crippen LogP contribution in [0.5, 0.6) is 5.88 Å². The molecule has 3 aromatic rings. The van der Waals surface area contributed by atoms with Crippen LogP contribution in [0, 0.1) is 11.6 Å². The number of H-pyrrole nitrogens is 1. The van der Waals surface area contributed by atoms with E-state index in [4.69, 9.17) is 4.74 Å². The molecule has 1 spiro atoms. The molecule has 5 nitrogen and oxygen atoms in total. The quantitative estimate of drug-likeness (QED) is 0.399. The van der Waals surface area contributed by atoms with Crippen LogP contribution >= 0.6 is 0 Å². The summed E-state index contributed by atoms with van der Waals surface area (Å²) in [7, 11) is 0. The molecule has 1 fully saturated rings. The predicted molar refractivity (Wildman–Crippen MR) is 126 cm³/mol. The average Bonchev–Trinajstić information content (AvgIpc) is 3.20. The fourth-order valence-electron chi connectivity index (χ4n) is 5.33. The number of aliphatic hydroxyl groups is 1. The van der Waals surface area contributed by atoms with Gasteiger partial charge in [0, 0.05) is 56.1 Å². The summed E-state index contributed by atoms with van der Waals surface area (Å²) in [5, 5.41) is 9.52. The van der Waals surface area contributed by atoms with Gasteiger partial charge in [-0.1, -0.05) is 24.3 Å². The molecule has 2 N–H and O–H groups in total. The van der Waals surface area contributed by atoms with Gasteiger partial charge >= 0.3 is 12.4 Å². The molecular formula is C27H22F8N2O3. The molecule has 214 valence electrons. The number of fused-ring (bicyclic) bond motifs is 1. The topological polar surface area (TPSA) is 65.6 Å². The van der Waals surface area contributed by atoms with Crippen molar-refractivity contribution in [2.24, 2.45) is 0 Å². The van der Waals surface area contributed by atoms with Crippen molar-refractivity contribution < 1.29 is 45.0 Å². The molecule has 0 saturated carbocycles. The molecule has 40 heavy (non-hydrogen) atoms. The summed E-state index contributed by atoms with van der Waals surface area (Å²) in [6, 6.07) is 7.34. The highest BCUT2D eigenvalue weighted by Crippen LogP contribution is 2.50. The lowest BCUT2D eigenvalue weighted by molar-refractivity contribution is -0.376. The second-order valence-corrected chi connectivity index (χ2v) is 10.1. The van der Waals surface area contributed by atoms with Crippen molar-refractivity contribution in [1.29, 1.82) is 0 Å². The number of nitrogens with one attached hydrogen (secondary N) is 1. The third kappa shape index (κ3) is 4.85. The molecule has 13 heteroatoms. The van der Waals surface area contributed by atoms with E-state index in [1.807, 2.05) is 4.90 Å². The SMILES string of the molecule is O=c1ccc2c([nH]1)OC1(CCN(Cc3cc(F)c(-c4ccc(C(O)(C(F)(F)F)C(F)(F)F)cc4)c(F)c3)CC1)C2.